The molecule has 1 amide bonds. The molecule has 6 heteroatoms. The molecule has 0 aliphatic rings. The molecule has 0 unspecified atom stereocenters. The number of amides is 1. The standard InChI is InChI=1S/C21H27NO4S/c1-3-25-21(26-4-2)19(27(24)16-18-13-9-6-10-14-18)20(23)22-15-17-11-7-5-8-12-17/h5-14,19,21H,3-4,15-16H2,1-2H3,(H,22,23)/t19-,27+/m0/s1. The lowest BCUT2D eigenvalue weighted by Crippen LogP contribution is -2.47. The molecule has 0 heterocycles. The topological polar surface area (TPSA) is 64.6 Å². The summed E-state index contributed by atoms with van der Waals surface area (Å²) in [7, 11) is -1.49. The quantitative estimate of drug-likeness (QED) is 0.600. The first-order chi connectivity index (χ1) is 13.2. The van der Waals surface area contributed by atoms with Crippen molar-refractivity contribution >= 4 is 16.7 Å². The predicted molar refractivity (Wildman–Crippen MR) is 107 cm³/mol. The van der Waals surface area contributed by atoms with Gasteiger partial charge < -0.3 is 14.8 Å². The Kier molecular flexibility index (Phi) is 9.18. The Bertz CT molecular complexity index is 703. The van der Waals surface area contributed by atoms with Gasteiger partial charge >= 0.3 is 0 Å². The van der Waals surface area contributed by atoms with Crippen LogP contribution in [0.15, 0.2) is 60.7 Å². The van der Waals surface area contributed by atoms with Crippen molar-refractivity contribution in [3.05, 3.63) is 71.8 Å². The highest BCUT2D eigenvalue weighted by Gasteiger charge is 2.35. The van der Waals surface area contributed by atoms with Gasteiger partial charge in [0.05, 0.1) is 0 Å². The molecular formula is C21H27NO4S. The molecule has 2 aromatic carbocycles. The van der Waals surface area contributed by atoms with E-state index in [0.29, 0.717) is 19.8 Å². The lowest BCUT2D eigenvalue weighted by molar-refractivity contribution is -0.150. The molecule has 2 rings (SSSR count). The van der Waals surface area contributed by atoms with E-state index in [1.165, 1.54) is 0 Å². The molecule has 27 heavy (non-hydrogen) atoms. The van der Waals surface area contributed by atoms with Crippen LogP contribution in [0.25, 0.3) is 0 Å². The molecule has 1 N–H and O–H groups in total. The van der Waals surface area contributed by atoms with E-state index in [-0.39, 0.29) is 11.7 Å². The van der Waals surface area contributed by atoms with Crippen molar-refractivity contribution in [2.75, 3.05) is 13.2 Å². The van der Waals surface area contributed by atoms with Crippen LogP contribution in [0.2, 0.25) is 0 Å². The van der Waals surface area contributed by atoms with Crippen LogP contribution in [0.5, 0.6) is 0 Å². The van der Waals surface area contributed by atoms with Crippen LogP contribution in [-0.4, -0.2) is 34.9 Å². The van der Waals surface area contributed by atoms with E-state index in [2.05, 4.69) is 5.32 Å². The zero-order valence-electron chi connectivity index (χ0n) is 15.8. The minimum absolute atomic E-state index is 0.265. The lowest BCUT2D eigenvalue weighted by atomic mass is 10.2. The molecule has 5 nitrogen and oxygen atoms in total. The number of nitrogens with one attached hydrogen (secondary N) is 1. The highest BCUT2D eigenvalue weighted by Crippen LogP contribution is 2.15. The van der Waals surface area contributed by atoms with Crippen molar-refractivity contribution in [3.63, 3.8) is 0 Å². The molecule has 0 spiro atoms. The first-order valence-electron chi connectivity index (χ1n) is 9.11. The van der Waals surface area contributed by atoms with Crippen molar-refractivity contribution in [1.82, 2.24) is 5.32 Å². The van der Waals surface area contributed by atoms with E-state index in [0.717, 1.165) is 11.1 Å². The zero-order valence-corrected chi connectivity index (χ0v) is 16.6. The fourth-order valence-electron chi connectivity index (χ4n) is 2.63. The number of hydrogen-bond acceptors (Lipinski definition) is 4. The van der Waals surface area contributed by atoms with Gasteiger partial charge in [-0.3, -0.25) is 9.00 Å². The van der Waals surface area contributed by atoms with E-state index in [1.54, 1.807) is 0 Å². The van der Waals surface area contributed by atoms with E-state index in [1.807, 2.05) is 74.5 Å². The van der Waals surface area contributed by atoms with Gasteiger partial charge in [0.15, 0.2) is 11.5 Å². The third kappa shape index (κ3) is 6.90. The molecule has 0 bridgehead atoms. The van der Waals surface area contributed by atoms with Gasteiger partial charge in [0.2, 0.25) is 5.91 Å². The van der Waals surface area contributed by atoms with Crippen molar-refractivity contribution in [2.24, 2.45) is 0 Å². The predicted octanol–water partition coefficient (Wildman–Crippen LogP) is 3.02. The number of rotatable bonds is 11. The van der Waals surface area contributed by atoms with E-state index in [4.69, 9.17) is 9.47 Å². The first-order valence-corrected chi connectivity index (χ1v) is 10.5. The van der Waals surface area contributed by atoms with E-state index >= 15 is 0 Å². The SMILES string of the molecule is CCOC(OCC)[C@H](C(=O)NCc1ccccc1)[S@](=O)Cc1ccccc1. The van der Waals surface area contributed by atoms with Crippen LogP contribution in [0, 0.1) is 0 Å². The molecule has 0 aliphatic heterocycles. The third-order valence-corrected chi connectivity index (χ3v) is 5.53. The summed E-state index contributed by atoms with van der Waals surface area (Å²) in [6.07, 6.45) is -0.847. The number of ether oxygens (including phenoxy) is 2. The Morgan fingerprint density at radius 3 is 1.96 bits per heavy atom. The Balaban J connectivity index is 2.14. The van der Waals surface area contributed by atoms with E-state index in [9.17, 15) is 9.00 Å². The zero-order chi connectivity index (χ0) is 19.5. The van der Waals surface area contributed by atoms with Crippen LogP contribution in [0.4, 0.5) is 0 Å². The summed E-state index contributed by atoms with van der Waals surface area (Å²) < 4.78 is 24.2. The van der Waals surface area contributed by atoms with Gasteiger partial charge in [-0.05, 0) is 25.0 Å². The van der Waals surface area contributed by atoms with Gasteiger partial charge in [-0.1, -0.05) is 60.7 Å². The minimum atomic E-state index is -1.49. The molecule has 146 valence electrons. The van der Waals surface area contributed by atoms with Crippen LogP contribution in [0.3, 0.4) is 0 Å². The molecule has 0 aliphatic carbocycles. The normalized spacial score (nSPS) is 13.3. The summed E-state index contributed by atoms with van der Waals surface area (Å²) in [5, 5.41) is 1.96. The lowest BCUT2D eigenvalue weighted by Gasteiger charge is -2.25. The van der Waals surface area contributed by atoms with Crippen molar-refractivity contribution in [3.8, 4) is 0 Å². The van der Waals surface area contributed by atoms with Gasteiger partial charge in [-0.25, -0.2) is 0 Å². The van der Waals surface area contributed by atoms with Crippen molar-refractivity contribution in [1.29, 1.82) is 0 Å². The molecule has 0 fully saturated rings. The largest absolute Gasteiger partial charge is 0.351 e. The smallest absolute Gasteiger partial charge is 0.241 e. The van der Waals surface area contributed by atoms with Gasteiger partial charge in [-0.15, -0.1) is 0 Å². The average molecular weight is 390 g/mol. The second-order valence-corrected chi connectivity index (χ2v) is 7.47. The number of carbonyl (C=O) groups excluding carboxylic acids is 1. The Hall–Kier alpha value is -2.02. The summed E-state index contributed by atoms with van der Waals surface area (Å²) in [6.45, 7) is 4.76. The van der Waals surface area contributed by atoms with Gasteiger partial charge in [-0.2, -0.15) is 0 Å². The van der Waals surface area contributed by atoms with Crippen molar-refractivity contribution < 1.29 is 18.5 Å². The summed E-state index contributed by atoms with van der Waals surface area (Å²) in [5.41, 5.74) is 1.88. The molecule has 0 radical (unpaired) electrons. The van der Waals surface area contributed by atoms with Crippen LogP contribution in [-0.2, 0) is 37.4 Å². The summed E-state index contributed by atoms with van der Waals surface area (Å²) >= 11 is 0. The summed E-state index contributed by atoms with van der Waals surface area (Å²) in [4.78, 5) is 12.9. The van der Waals surface area contributed by atoms with Gasteiger partial charge in [0, 0.05) is 36.3 Å². The molecule has 2 aromatic rings. The molecule has 0 aromatic heterocycles. The van der Waals surface area contributed by atoms with Crippen LogP contribution in [0.1, 0.15) is 25.0 Å². The van der Waals surface area contributed by atoms with E-state index < -0.39 is 22.3 Å². The number of benzene rings is 2. The van der Waals surface area contributed by atoms with Crippen LogP contribution >= 0.6 is 0 Å². The monoisotopic (exact) mass is 389 g/mol. The Morgan fingerprint density at radius 2 is 1.44 bits per heavy atom. The number of hydrogen-bond donors (Lipinski definition) is 1. The Morgan fingerprint density at radius 1 is 0.926 bits per heavy atom. The second kappa shape index (κ2) is 11.6. The average Bonchev–Trinajstić information content (AvgIpc) is 2.68. The first kappa shape index (κ1) is 21.3. The number of carbonyl (C=O) groups is 1. The third-order valence-electron chi connectivity index (χ3n) is 3.91. The Labute approximate surface area is 163 Å². The highest BCUT2D eigenvalue weighted by molar-refractivity contribution is 7.85. The fraction of sp³-hybridized carbons (Fsp3) is 0.381. The fourth-order valence-corrected chi connectivity index (χ4v) is 4.06. The maximum atomic E-state index is 13.0. The maximum absolute atomic E-state index is 13.0. The molecule has 2 atom stereocenters. The maximum Gasteiger partial charge on any atom is 0.241 e. The molecule has 0 saturated carbocycles. The summed E-state index contributed by atoms with van der Waals surface area (Å²) in [6, 6.07) is 19.1. The van der Waals surface area contributed by atoms with Crippen LogP contribution < -0.4 is 5.32 Å². The second-order valence-electron chi connectivity index (χ2n) is 5.91. The van der Waals surface area contributed by atoms with Gasteiger partial charge in [0.1, 0.15) is 0 Å². The minimum Gasteiger partial charge on any atom is -0.351 e. The highest BCUT2D eigenvalue weighted by atomic mass is 32.2. The van der Waals surface area contributed by atoms with Crippen molar-refractivity contribution in [2.45, 2.75) is 37.7 Å². The molecular weight excluding hydrogens is 362 g/mol. The van der Waals surface area contributed by atoms with Gasteiger partial charge in [0.25, 0.3) is 0 Å². The summed E-state index contributed by atoms with van der Waals surface area (Å²) in [5.74, 6) is -0.0685. The molecule has 0 saturated heterocycles.